The van der Waals surface area contributed by atoms with Crippen molar-refractivity contribution < 1.29 is 27.9 Å². The lowest BCUT2D eigenvalue weighted by molar-refractivity contribution is -0.135. The molecule has 0 aliphatic heterocycles. The molecule has 156 valence electrons. The molecule has 1 aliphatic carbocycles. The molecular weight excluding hydrogens is 399 g/mol. The first-order valence-electron chi connectivity index (χ1n) is 9.17. The predicted octanol–water partition coefficient (Wildman–Crippen LogP) is 3.46. The highest BCUT2D eigenvalue weighted by Crippen LogP contribution is 2.42. The van der Waals surface area contributed by atoms with E-state index in [4.69, 9.17) is 0 Å². The van der Waals surface area contributed by atoms with Crippen LogP contribution < -0.4 is 10.2 Å². The number of aromatic nitrogens is 2. The van der Waals surface area contributed by atoms with E-state index in [0.717, 1.165) is 5.56 Å². The fraction of sp³-hybridized carbons (Fsp3) is 0.238. The van der Waals surface area contributed by atoms with Crippen LogP contribution in [-0.4, -0.2) is 27.5 Å². The van der Waals surface area contributed by atoms with Crippen molar-refractivity contribution in [3.8, 4) is 11.4 Å². The summed E-state index contributed by atoms with van der Waals surface area (Å²) in [5.41, 5.74) is 3.42. The Morgan fingerprint density at radius 2 is 1.97 bits per heavy atom. The zero-order chi connectivity index (χ0) is 21.5. The monoisotopic (exact) mass is 417 g/mol. The second-order valence-electron chi connectivity index (χ2n) is 7.19. The Morgan fingerprint density at radius 1 is 1.23 bits per heavy atom. The number of halogens is 3. The fourth-order valence-corrected chi connectivity index (χ4v) is 4.11. The molecule has 1 heterocycles. The van der Waals surface area contributed by atoms with Crippen LogP contribution in [0.1, 0.15) is 22.4 Å². The molecule has 3 aromatic rings. The van der Waals surface area contributed by atoms with Crippen LogP contribution in [0.15, 0.2) is 48.7 Å². The minimum Gasteiger partial charge on any atom is -0.435 e. The number of alkyl halides is 2. The van der Waals surface area contributed by atoms with Gasteiger partial charge >= 0.3 is 6.61 Å². The molecule has 6 nitrogen and oxygen atoms in total. The summed E-state index contributed by atoms with van der Waals surface area (Å²) in [5.74, 6) is -1.06. The molecule has 1 aliphatic rings. The highest BCUT2D eigenvalue weighted by molar-refractivity contribution is 5.89. The van der Waals surface area contributed by atoms with Gasteiger partial charge in [0.05, 0.1) is 17.3 Å². The number of hydrogen-bond acceptors (Lipinski definition) is 4. The van der Waals surface area contributed by atoms with Crippen molar-refractivity contribution in [3.63, 3.8) is 0 Å². The number of amides is 1. The quantitative estimate of drug-likeness (QED) is 0.493. The van der Waals surface area contributed by atoms with Gasteiger partial charge in [0.1, 0.15) is 11.6 Å². The van der Waals surface area contributed by atoms with Crippen LogP contribution in [0.25, 0.3) is 5.69 Å². The van der Waals surface area contributed by atoms with E-state index in [9.17, 15) is 23.2 Å². The molecule has 9 heteroatoms. The molecule has 2 N–H and O–H groups in total. The Balaban J connectivity index is 1.74. The predicted molar refractivity (Wildman–Crippen MR) is 100 cm³/mol. The van der Waals surface area contributed by atoms with Crippen LogP contribution in [0.5, 0.6) is 5.75 Å². The highest BCUT2D eigenvalue weighted by atomic mass is 19.3. The summed E-state index contributed by atoms with van der Waals surface area (Å²) in [5, 5.41) is 13.7. The van der Waals surface area contributed by atoms with Gasteiger partial charge < -0.3 is 4.74 Å². The Kier molecular flexibility index (Phi) is 4.98. The molecule has 0 spiro atoms. The van der Waals surface area contributed by atoms with Crippen LogP contribution in [0.3, 0.4) is 0 Å². The lowest BCUT2D eigenvalue weighted by Crippen LogP contribution is -2.45. The van der Waals surface area contributed by atoms with Crippen molar-refractivity contribution in [1.29, 1.82) is 0 Å². The molecular formula is C21H18F3N3O3. The van der Waals surface area contributed by atoms with Crippen LogP contribution in [0.4, 0.5) is 13.2 Å². The molecule has 1 atom stereocenters. The Morgan fingerprint density at radius 3 is 2.63 bits per heavy atom. The fourth-order valence-electron chi connectivity index (χ4n) is 4.11. The highest BCUT2D eigenvalue weighted by Gasteiger charge is 2.48. The van der Waals surface area contributed by atoms with Crippen LogP contribution >= 0.6 is 0 Å². The summed E-state index contributed by atoms with van der Waals surface area (Å²) < 4.78 is 44.9. The molecule has 1 aromatic heterocycles. The largest absolute Gasteiger partial charge is 0.435 e. The van der Waals surface area contributed by atoms with Crippen molar-refractivity contribution >= 4 is 5.91 Å². The summed E-state index contributed by atoms with van der Waals surface area (Å²) in [7, 11) is 0. The van der Waals surface area contributed by atoms with Gasteiger partial charge in [0.25, 0.3) is 5.91 Å². The lowest BCUT2D eigenvalue weighted by Gasteiger charge is -2.29. The SMILES string of the molecule is Cc1c(F)cccc1C1(C(=O)NO)Cc2cnn(-c3ccc(OC(F)F)cc3)c2C1. The number of rotatable bonds is 5. The van der Waals surface area contributed by atoms with Crippen molar-refractivity contribution in [1.82, 2.24) is 15.3 Å². The van der Waals surface area contributed by atoms with E-state index in [1.165, 1.54) is 24.3 Å². The standard InChI is InChI=1S/C21H18F3N3O3/c1-12-16(3-2-4-17(12)22)21(19(28)26-29)9-13-11-25-27(18(13)10-21)14-5-7-15(8-6-14)30-20(23)24/h2-8,11,20,29H,9-10H2,1H3,(H,26,28). The van der Waals surface area contributed by atoms with Gasteiger partial charge in [-0.1, -0.05) is 12.1 Å². The maximum Gasteiger partial charge on any atom is 0.387 e. The molecule has 1 unspecified atom stereocenters. The summed E-state index contributed by atoms with van der Waals surface area (Å²) >= 11 is 0. The van der Waals surface area contributed by atoms with Crippen LogP contribution in [0.2, 0.25) is 0 Å². The van der Waals surface area contributed by atoms with Gasteiger partial charge in [0.2, 0.25) is 0 Å². The van der Waals surface area contributed by atoms with E-state index in [1.54, 1.807) is 41.5 Å². The first-order valence-corrected chi connectivity index (χ1v) is 9.17. The smallest absolute Gasteiger partial charge is 0.387 e. The topological polar surface area (TPSA) is 76.4 Å². The van der Waals surface area contributed by atoms with E-state index in [1.807, 2.05) is 0 Å². The van der Waals surface area contributed by atoms with Crippen LogP contribution in [0, 0.1) is 12.7 Å². The first kappa shape index (κ1) is 20.0. The van der Waals surface area contributed by atoms with Gasteiger partial charge in [0.15, 0.2) is 0 Å². The number of carbonyl (C=O) groups excluding carboxylic acids is 1. The van der Waals surface area contributed by atoms with Crippen molar-refractivity contribution in [2.75, 3.05) is 0 Å². The third-order valence-corrected chi connectivity index (χ3v) is 5.54. The van der Waals surface area contributed by atoms with E-state index >= 15 is 0 Å². The minimum atomic E-state index is -2.92. The Hall–Kier alpha value is -3.33. The number of ether oxygens (including phenoxy) is 1. The molecule has 0 saturated heterocycles. The Labute approximate surface area is 169 Å². The van der Waals surface area contributed by atoms with Crippen LogP contribution in [-0.2, 0) is 23.1 Å². The van der Waals surface area contributed by atoms with Gasteiger partial charge in [-0.25, -0.2) is 14.6 Å². The molecule has 0 bridgehead atoms. The van der Waals surface area contributed by atoms with Gasteiger partial charge in [0, 0.05) is 12.1 Å². The van der Waals surface area contributed by atoms with E-state index in [2.05, 4.69) is 9.84 Å². The first-order chi connectivity index (χ1) is 14.4. The number of carbonyl (C=O) groups is 1. The number of hydrogen-bond donors (Lipinski definition) is 2. The lowest BCUT2D eigenvalue weighted by atomic mass is 9.75. The number of nitrogens with one attached hydrogen (secondary N) is 1. The molecule has 0 fully saturated rings. The summed E-state index contributed by atoms with van der Waals surface area (Å²) in [4.78, 5) is 12.8. The number of hydroxylamine groups is 1. The number of fused-ring (bicyclic) bond motifs is 1. The second kappa shape index (κ2) is 7.49. The molecule has 30 heavy (non-hydrogen) atoms. The molecule has 0 saturated carbocycles. The third-order valence-electron chi connectivity index (χ3n) is 5.54. The summed E-state index contributed by atoms with van der Waals surface area (Å²) in [6.07, 6.45) is 2.01. The average molecular weight is 417 g/mol. The van der Waals surface area contributed by atoms with Gasteiger partial charge in [-0.3, -0.25) is 10.0 Å². The van der Waals surface area contributed by atoms with Crippen molar-refractivity contribution in [2.24, 2.45) is 0 Å². The van der Waals surface area contributed by atoms with Gasteiger partial charge in [-0.2, -0.15) is 13.9 Å². The van der Waals surface area contributed by atoms with Gasteiger partial charge in [-0.15, -0.1) is 0 Å². The Bertz CT molecular complexity index is 1100. The molecule has 4 rings (SSSR count). The number of benzene rings is 2. The second-order valence-corrected chi connectivity index (χ2v) is 7.19. The average Bonchev–Trinajstić information content (AvgIpc) is 3.28. The minimum absolute atomic E-state index is 0.0157. The normalized spacial score (nSPS) is 17.8. The number of nitrogens with zero attached hydrogens (tertiary/aromatic N) is 2. The maximum absolute atomic E-state index is 14.2. The molecule has 0 radical (unpaired) electrons. The van der Waals surface area contributed by atoms with E-state index < -0.39 is 23.8 Å². The zero-order valence-corrected chi connectivity index (χ0v) is 15.9. The molecule has 1 amide bonds. The van der Waals surface area contributed by atoms with Crippen molar-refractivity contribution in [3.05, 3.63) is 76.9 Å². The third kappa shape index (κ3) is 3.21. The van der Waals surface area contributed by atoms with E-state index in [0.29, 0.717) is 22.5 Å². The van der Waals surface area contributed by atoms with Crippen molar-refractivity contribution in [2.45, 2.75) is 31.8 Å². The maximum atomic E-state index is 14.2. The summed E-state index contributed by atoms with van der Waals surface area (Å²) in [6, 6.07) is 10.5. The molecule has 2 aromatic carbocycles. The van der Waals surface area contributed by atoms with Gasteiger partial charge in [-0.05, 0) is 60.4 Å². The van der Waals surface area contributed by atoms with E-state index in [-0.39, 0.29) is 18.6 Å². The zero-order valence-electron chi connectivity index (χ0n) is 15.9. The summed E-state index contributed by atoms with van der Waals surface area (Å²) in [6.45, 7) is -1.33.